The second-order valence-electron chi connectivity index (χ2n) is 6.87. The van der Waals surface area contributed by atoms with E-state index in [1.54, 1.807) is 4.90 Å². The first-order chi connectivity index (χ1) is 13.4. The van der Waals surface area contributed by atoms with Gasteiger partial charge in [0.2, 0.25) is 5.91 Å². The molecule has 0 aliphatic carbocycles. The van der Waals surface area contributed by atoms with Gasteiger partial charge in [-0.15, -0.1) is 11.3 Å². The third-order valence-corrected chi connectivity index (χ3v) is 6.47. The number of nitrogens with zero attached hydrogens (tertiary/aromatic N) is 2. The number of rotatable bonds is 3. The number of hydrogen-bond acceptors (Lipinski definition) is 5. The highest BCUT2D eigenvalue weighted by Gasteiger charge is 2.29. The highest BCUT2D eigenvalue weighted by Crippen LogP contribution is 2.35. The van der Waals surface area contributed by atoms with Crippen LogP contribution in [-0.4, -0.2) is 34.8 Å². The summed E-state index contributed by atoms with van der Waals surface area (Å²) in [6.45, 7) is 1.01. The molecule has 0 atom stereocenters. The Balaban J connectivity index is 1.61. The van der Waals surface area contributed by atoms with Crippen molar-refractivity contribution >= 4 is 50.7 Å². The van der Waals surface area contributed by atoms with E-state index in [0.717, 1.165) is 21.5 Å². The normalized spacial score (nSPS) is 15.1. The molecule has 0 unspecified atom stereocenters. The lowest BCUT2D eigenvalue weighted by molar-refractivity contribution is -0.123. The van der Waals surface area contributed by atoms with E-state index in [9.17, 15) is 9.59 Å². The number of likely N-dealkylation sites (tertiary alicyclic amines) is 1. The van der Waals surface area contributed by atoms with Gasteiger partial charge in [-0.3, -0.25) is 9.59 Å². The number of carbonyl (C=O) groups excluding carboxylic acids is 2. The number of halogens is 1. The molecule has 0 spiro atoms. The molecule has 8 heteroatoms. The zero-order chi connectivity index (χ0) is 19.8. The van der Waals surface area contributed by atoms with Gasteiger partial charge in [0.15, 0.2) is 0 Å². The van der Waals surface area contributed by atoms with Gasteiger partial charge in [0, 0.05) is 35.0 Å². The predicted octanol–water partition coefficient (Wildman–Crippen LogP) is 3.54. The van der Waals surface area contributed by atoms with Crippen molar-refractivity contribution in [3.8, 4) is 11.3 Å². The lowest BCUT2D eigenvalue weighted by Gasteiger charge is -2.30. The molecule has 6 nitrogen and oxygen atoms in total. The number of nitrogen functional groups attached to an aromatic ring is 1. The first kappa shape index (κ1) is 18.7. The summed E-state index contributed by atoms with van der Waals surface area (Å²) in [6, 6.07) is 11.2. The van der Waals surface area contributed by atoms with Gasteiger partial charge in [0.25, 0.3) is 5.91 Å². The van der Waals surface area contributed by atoms with E-state index < -0.39 is 0 Å². The highest BCUT2D eigenvalue weighted by atomic mass is 35.5. The Kier molecular flexibility index (Phi) is 4.95. The van der Waals surface area contributed by atoms with Crippen molar-refractivity contribution in [2.24, 2.45) is 11.7 Å². The summed E-state index contributed by atoms with van der Waals surface area (Å²) in [7, 11) is 0. The molecule has 3 aromatic rings. The minimum absolute atomic E-state index is 0.114. The lowest BCUT2D eigenvalue weighted by atomic mass is 9.96. The number of carbonyl (C=O) groups is 2. The maximum absolute atomic E-state index is 13.0. The molecule has 2 amide bonds. The van der Waals surface area contributed by atoms with Gasteiger partial charge in [0.1, 0.15) is 9.71 Å². The molecule has 2 aromatic heterocycles. The minimum atomic E-state index is -0.299. The van der Waals surface area contributed by atoms with Crippen LogP contribution in [0.25, 0.3) is 21.5 Å². The number of pyridine rings is 1. The van der Waals surface area contributed by atoms with E-state index in [-0.39, 0.29) is 17.7 Å². The largest absolute Gasteiger partial charge is 0.397 e. The number of anilines is 1. The van der Waals surface area contributed by atoms with Gasteiger partial charge < -0.3 is 16.4 Å². The van der Waals surface area contributed by atoms with Crippen LogP contribution in [0.4, 0.5) is 5.69 Å². The zero-order valence-corrected chi connectivity index (χ0v) is 16.6. The Morgan fingerprint density at radius 3 is 2.43 bits per heavy atom. The van der Waals surface area contributed by atoms with Crippen molar-refractivity contribution in [2.75, 3.05) is 18.8 Å². The molecular weight excluding hydrogens is 396 g/mol. The van der Waals surface area contributed by atoms with E-state index in [4.69, 9.17) is 23.1 Å². The van der Waals surface area contributed by atoms with Crippen molar-refractivity contribution in [1.29, 1.82) is 0 Å². The summed E-state index contributed by atoms with van der Waals surface area (Å²) in [6.07, 6.45) is 1.18. The van der Waals surface area contributed by atoms with E-state index >= 15 is 0 Å². The average Bonchev–Trinajstić information content (AvgIpc) is 3.04. The third-order valence-electron chi connectivity index (χ3n) is 5.11. The fourth-order valence-electron chi connectivity index (χ4n) is 3.45. The number of primary amides is 1. The molecule has 4 rings (SSSR count). The SMILES string of the molecule is NC(=O)C1CCN(C(=O)c2sc3nc(-c4ccc(Cl)cc4)ccc3c2N)CC1. The van der Waals surface area contributed by atoms with E-state index in [1.807, 2.05) is 36.4 Å². The van der Waals surface area contributed by atoms with Gasteiger partial charge in [-0.25, -0.2) is 4.98 Å². The van der Waals surface area contributed by atoms with Gasteiger partial charge in [-0.05, 0) is 37.1 Å². The minimum Gasteiger partial charge on any atom is -0.397 e. The topological polar surface area (TPSA) is 102 Å². The van der Waals surface area contributed by atoms with Crippen molar-refractivity contribution < 1.29 is 9.59 Å². The van der Waals surface area contributed by atoms with Gasteiger partial charge in [0.05, 0.1) is 11.4 Å². The van der Waals surface area contributed by atoms with Gasteiger partial charge >= 0.3 is 0 Å². The Hall–Kier alpha value is -2.64. The summed E-state index contributed by atoms with van der Waals surface area (Å²) in [4.78, 5) is 31.9. The maximum Gasteiger partial charge on any atom is 0.266 e. The van der Waals surface area contributed by atoms with E-state index in [2.05, 4.69) is 4.98 Å². The number of piperidine rings is 1. The zero-order valence-electron chi connectivity index (χ0n) is 15.0. The molecule has 1 aromatic carbocycles. The first-order valence-corrected chi connectivity index (χ1v) is 10.2. The molecule has 0 radical (unpaired) electrons. The molecule has 1 aliphatic rings. The number of nitrogens with two attached hydrogens (primary N) is 2. The lowest BCUT2D eigenvalue weighted by Crippen LogP contribution is -2.41. The van der Waals surface area contributed by atoms with Crippen molar-refractivity contribution in [2.45, 2.75) is 12.8 Å². The molecule has 0 saturated carbocycles. The fourth-order valence-corrected chi connectivity index (χ4v) is 4.64. The Morgan fingerprint density at radius 2 is 1.79 bits per heavy atom. The van der Waals surface area contributed by atoms with Crippen molar-refractivity contribution in [3.63, 3.8) is 0 Å². The molecule has 1 aliphatic heterocycles. The highest BCUT2D eigenvalue weighted by molar-refractivity contribution is 7.21. The second kappa shape index (κ2) is 7.41. The first-order valence-electron chi connectivity index (χ1n) is 8.97. The molecule has 1 fully saturated rings. The summed E-state index contributed by atoms with van der Waals surface area (Å²) >= 11 is 7.25. The molecular formula is C20H19ClN4O2S. The molecule has 28 heavy (non-hydrogen) atoms. The molecule has 144 valence electrons. The van der Waals surface area contributed by atoms with Crippen LogP contribution in [0.2, 0.25) is 5.02 Å². The number of amides is 2. The van der Waals surface area contributed by atoms with Crippen LogP contribution < -0.4 is 11.5 Å². The molecule has 4 N–H and O–H groups in total. The molecule has 0 bridgehead atoms. The van der Waals surface area contributed by atoms with Crippen molar-refractivity contribution in [1.82, 2.24) is 9.88 Å². The maximum atomic E-state index is 13.0. The van der Waals surface area contributed by atoms with Crippen LogP contribution in [0.15, 0.2) is 36.4 Å². The van der Waals surface area contributed by atoms with Crippen LogP contribution in [0.1, 0.15) is 22.5 Å². The number of thiophene rings is 1. The van der Waals surface area contributed by atoms with Crippen LogP contribution >= 0.6 is 22.9 Å². The standard InChI is InChI=1S/C20H19ClN4O2S/c21-13-3-1-11(2-4-13)15-6-5-14-16(22)17(28-19(14)24-15)20(27)25-9-7-12(8-10-25)18(23)26/h1-6,12H,7-10,22H2,(H2,23,26). The third kappa shape index (κ3) is 3.43. The number of fused-ring (bicyclic) bond motifs is 1. The summed E-state index contributed by atoms with van der Waals surface area (Å²) in [5, 5.41) is 1.44. The fraction of sp³-hybridized carbons (Fsp3) is 0.250. The van der Waals surface area contributed by atoms with E-state index in [1.165, 1.54) is 11.3 Å². The van der Waals surface area contributed by atoms with Gasteiger partial charge in [-0.1, -0.05) is 23.7 Å². The smallest absolute Gasteiger partial charge is 0.266 e. The summed E-state index contributed by atoms with van der Waals surface area (Å²) in [5.74, 6) is -0.573. The number of benzene rings is 1. The molecule has 3 heterocycles. The summed E-state index contributed by atoms with van der Waals surface area (Å²) < 4.78 is 0. The van der Waals surface area contributed by atoms with Crippen LogP contribution in [0.3, 0.4) is 0 Å². The Bertz CT molecular complexity index is 1060. The number of hydrogen-bond donors (Lipinski definition) is 2. The average molecular weight is 415 g/mol. The Morgan fingerprint density at radius 1 is 1.11 bits per heavy atom. The van der Waals surface area contributed by atoms with Crippen molar-refractivity contribution in [3.05, 3.63) is 46.3 Å². The second-order valence-corrected chi connectivity index (χ2v) is 8.31. The van der Waals surface area contributed by atoms with Crippen LogP contribution in [0.5, 0.6) is 0 Å². The number of aromatic nitrogens is 1. The van der Waals surface area contributed by atoms with Gasteiger partial charge in [-0.2, -0.15) is 0 Å². The monoisotopic (exact) mass is 414 g/mol. The van der Waals surface area contributed by atoms with E-state index in [0.29, 0.717) is 41.5 Å². The molecule has 1 saturated heterocycles. The van der Waals surface area contributed by atoms with Crippen LogP contribution in [-0.2, 0) is 4.79 Å². The van der Waals surface area contributed by atoms with Crippen LogP contribution in [0, 0.1) is 5.92 Å². The quantitative estimate of drug-likeness (QED) is 0.684. The summed E-state index contributed by atoms with van der Waals surface area (Å²) in [5.41, 5.74) is 13.8. The Labute approximate surface area is 171 Å². The predicted molar refractivity (Wildman–Crippen MR) is 112 cm³/mol.